The molecule has 3 unspecified atom stereocenters. The van der Waals surface area contributed by atoms with E-state index in [1.54, 1.807) is 54.6 Å². The quantitative estimate of drug-likeness (QED) is 0.0590. The number of rotatable bonds is 23. The number of ketones is 1. The zero-order chi connectivity index (χ0) is 55.2. The van der Waals surface area contributed by atoms with Crippen LogP contribution in [-0.4, -0.2) is 125 Å². The minimum Gasteiger partial charge on any atom is -0.458 e. The average Bonchev–Trinajstić information content (AvgIpc) is 3.99. The van der Waals surface area contributed by atoms with Gasteiger partial charge in [0.15, 0.2) is 29.7 Å². The highest BCUT2D eigenvalue weighted by Crippen LogP contribution is 2.55. The molecule has 6 bridgehead atoms. The molecule has 77 heavy (non-hydrogen) atoms. The van der Waals surface area contributed by atoms with Crippen LogP contribution in [0.15, 0.2) is 88.8 Å². The molecule has 0 aliphatic carbocycles. The summed E-state index contributed by atoms with van der Waals surface area (Å²) < 4.78 is 93.0. The Bertz CT molecular complexity index is 2510. The van der Waals surface area contributed by atoms with Crippen molar-refractivity contribution < 1.29 is 60.3 Å². The molecule has 10 rings (SSSR count). The van der Waals surface area contributed by atoms with Crippen molar-refractivity contribution in [2.75, 3.05) is 6.61 Å². The molecule has 0 spiro atoms. The molecule has 8 aliphatic heterocycles. The van der Waals surface area contributed by atoms with Gasteiger partial charge in [-0.05, 0) is 109 Å². The Morgan fingerprint density at radius 3 is 2.23 bits per heavy atom. The van der Waals surface area contributed by atoms with Gasteiger partial charge >= 0.3 is 5.97 Å². The number of hydrogen-bond donors (Lipinski definition) is 0. The summed E-state index contributed by atoms with van der Waals surface area (Å²) in [5.74, 6) is -2.54. The molecule has 13 nitrogen and oxygen atoms in total. The van der Waals surface area contributed by atoms with Gasteiger partial charge in [0.2, 0.25) is 0 Å². The lowest BCUT2D eigenvalue weighted by molar-refractivity contribution is -0.292. The van der Waals surface area contributed by atoms with Gasteiger partial charge in [0.1, 0.15) is 41.9 Å². The third-order valence-corrected chi connectivity index (χ3v) is 25.6. The molecule has 8 heterocycles. The van der Waals surface area contributed by atoms with Crippen LogP contribution in [0.4, 0.5) is 0 Å². The molecular weight excluding hydrogens is 1080 g/mol. The fraction of sp³-hybridized carbons (Fsp3) is 0.705. The second kappa shape index (κ2) is 24.1. The lowest BCUT2D eigenvalue weighted by Crippen LogP contribution is -2.62. The SMILES string of the molecule is C=C(Br)C[C@H](CC[C@@]12C[C@H]3O[C@H]4[C@@H](O1)[C@H]1OC(CC(=O)C([C@@H]5[C@@H](C)[C@@H](C[C@H](C)CO[Si](C)(C)C(C)(C)C)O[C@H]5CC5O[C@@H](CCCC)C[C@@H](C)C5=C)S(=O)(=O)c5ccccc5)CC[C@@H]1O[C@H]4[C@H]3O2)OC(=O)c1ccccc1. The van der Waals surface area contributed by atoms with Crippen molar-refractivity contribution in [1.29, 1.82) is 0 Å². The third-order valence-electron chi connectivity index (χ3n) is 18.6. The van der Waals surface area contributed by atoms with Crippen molar-refractivity contribution in [3.8, 4) is 0 Å². The Balaban J connectivity index is 0.968. The second-order valence-electron chi connectivity index (χ2n) is 25.4. The summed E-state index contributed by atoms with van der Waals surface area (Å²) in [5.41, 5.74) is 1.45. The molecule has 0 saturated carbocycles. The molecule has 8 fully saturated rings. The first-order valence-corrected chi connectivity index (χ1v) is 34.1. The third kappa shape index (κ3) is 12.9. The summed E-state index contributed by atoms with van der Waals surface area (Å²) in [6.45, 7) is 29.0. The first-order valence-electron chi connectivity index (χ1n) is 28.8. The minimum absolute atomic E-state index is 0.0475. The molecule has 2 aromatic carbocycles. The van der Waals surface area contributed by atoms with Crippen LogP contribution < -0.4 is 0 Å². The monoisotopic (exact) mass is 1170 g/mol. The van der Waals surface area contributed by atoms with Crippen LogP contribution in [0.2, 0.25) is 18.1 Å². The number of carbonyl (C=O) groups is 2. The zero-order valence-corrected chi connectivity index (χ0v) is 50.5. The summed E-state index contributed by atoms with van der Waals surface area (Å²) in [6.07, 6.45) is 2.32. The lowest BCUT2D eigenvalue weighted by atomic mass is 9.78. The highest BCUT2D eigenvalue weighted by Gasteiger charge is 2.69. The number of fused-ring (bicyclic) bond motifs is 1. The molecule has 8 aliphatic rings. The van der Waals surface area contributed by atoms with Gasteiger partial charge < -0.3 is 42.3 Å². The van der Waals surface area contributed by atoms with E-state index in [0.29, 0.717) is 68.0 Å². The molecular formula is C61H87BrO13SSi. The van der Waals surface area contributed by atoms with Crippen molar-refractivity contribution in [1.82, 2.24) is 0 Å². The molecule has 19 atom stereocenters. The van der Waals surface area contributed by atoms with Crippen LogP contribution >= 0.6 is 15.9 Å². The number of benzene rings is 2. The summed E-state index contributed by atoms with van der Waals surface area (Å²) in [6, 6.07) is 17.3. The molecule has 2 aromatic rings. The number of carbonyl (C=O) groups excluding carboxylic acids is 2. The van der Waals surface area contributed by atoms with Gasteiger partial charge in [-0.3, -0.25) is 4.79 Å². The van der Waals surface area contributed by atoms with Crippen molar-refractivity contribution >= 4 is 45.8 Å². The van der Waals surface area contributed by atoms with Crippen molar-refractivity contribution in [3.05, 3.63) is 89.4 Å². The molecule has 0 N–H and O–H groups in total. The van der Waals surface area contributed by atoms with E-state index in [2.05, 4.69) is 90.6 Å². The number of Topliss-reactive ketones (excluding diaryl/α,β-unsaturated/α-hetero) is 1. The van der Waals surface area contributed by atoms with E-state index in [1.807, 2.05) is 6.07 Å². The Kier molecular flexibility index (Phi) is 18.5. The minimum atomic E-state index is -4.28. The Labute approximate surface area is 468 Å². The smallest absolute Gasteiger partial charge is 0.338 e. The first kappa shape index (κ1) is 59.0. The predicted octanol–water partition coefficient (Wildman–Crippen LogP) is 12.1. The van der Waals surface area contributed by atoms with E-state index in [9.17, 15) is 4.79 Å². The molecule has 0 radical (unpaired) electrons. The van der Waals surface area contributed by atoms with Crippen molar-refractivity contribution in [3.63, 3.8) is 0 Å². The van der Waals surface area contributed by atoms with Gasteiger partial charge in [-0.15, -0.1) is 0 Å². The van der Waals surface area contributed by atoms with Crippen LogP contribution in [0, 0.1) is 23.7 Å². The summed E-state index contributed by atoms with van der Waals surface area (Å²) in [5, 5.41) is -1.38. The standard InChI is InChI=1S/C61H87BrO13SSi/c1-12-13-22-42-30-37(3)39(5)49(68-42)33-50-52(40(6)48(71-50)29-36(2)35-67-77(10,11)60(7,8)9)58(76(65,66)45-23-18-15-19-24-45)46(63)32-43-25-26-47-53(69-43)57-56-55(72-47)54-51(73-56)34-61(74-54,75-57)28-27-44(31-38(4)62)70-59(64)41-20-16-14-17-21-41/h14-21,23-24,36-37,40,42-44,47-58H,4-5,12-13,22,25-35H2,1-3,6-11H3/t36-,37+,40-,42-,43?,44-,47-,48+,49?,50-,51+,52+,53-,54-,55-,56+,57-,58?,61-/m0/s1. The van der Waals surface area contributed by atoms with Crippen LogP contribution in [0.25, 0.3) is 0 Å². The van der Waals surface area contributed by atoms with Crippen LogP contribution in [0.5, 0.6) is 0 Å². The fourth-order valence-corrected chi connectivity index (χ4v) is 16.8. The number of halogens is 1. The van der Waals surface area contributed by atoms with Gasteiger partial charge in [0, 0.05) is 44.6 Å². The highest BCUT2D eigenvalue weighted by molar-refractivity contribution is 9.11. The highest BCUT2D eigenvalue weighted by atomic mass is 79.9. The van der Waals surface area contributed by atoms with E-state index in [0.717, 1.165) is 31.3 Å². The summed E-state index contributed by atoms with van der Waals surface area (Å²) in [4.78, 5) is 29.0. The Morgan fingerprint density at radius 2 is 1.55 bits per heavy atom. The average molecular weight is 1170 g/mol. The number of ether oxygens (including phenoxy) is 8. The van der Waals surface area contributed by atoms with Gasteiger partial charge in [-0.1, -0.05) is 127 Å². The molecule has 0 aromatic heterocycles. The number of esters is 1. The maximum absolute atomic E-state index is 15.7. The number of sulfone groups is 1. The number of unbranched alkanes of at least 4 members (excludes halogenated alkanes) is 1. The summed E-state index contributed by atoms with van der Waals surface area (Å²) in [7, 11) is -6.34. The molecule has 8 saturated heterocycles. The van der Waals surface area contributed by atoms with Crippen molar-refractivity contribution in [2.45, 2.75) is 245 Å². The Morgan fingerprint density at radius 1 is 0.870 bits per heavy atom. The predicted molar refractivity (Wildman–Crippen MR) is 301 cm³/mol. The largest absolute Gasteiger partial charge is 0.458 e. The number of hydrogen-bond acceptors (Lipinski definition) is 13. The van der Waals surface area contributed by atoms with Gasteiger partial charge in [0.05, 0.1) is 53.2 Å². The molecule has 0 amide bonds. The lowest BCUT2D eigenvalue weighted by Gasteiger charge is -2.47. The van der Waals surface area contributed by atoms with E-state index < -0.39 is 83.5 Å². The van der Waals surface area contributed by atoms with E-state index in [1.165, 1.54) is 0 Å². The first-order chi connectivity index (χ1) is 36.5. The van der Waals surface area contributed by atoms with E-state index >= 15 is 13.2 Å². The molecule has 426 valence electrons. The maximum atomic E-state index is 15.7. The zero-order valence-electron chi connectivity index (χ0n) is 47.1. The van der Waals surface area contributed by atoms with Gasteiger partial charge in [-0.25, -0.2) is 13.2 Å². The van der Waals surface area contributed by atoms with Crippen LogP contribution in [-0.2, 0) is 57.0 Å². The van der Waals surface area contributed by atoms with Gasteiger partial charge in [0.25, 0.3) is 0 Å². The second-order valence-corrected chi connectivity index (χ2v) is 33.4. The van der Waals surface area contributed by atoms with Crippen LogP contribution in [0.3, 0.4) is 0 Å². The van der Waals surface area contributed by atoms with Crippen LogP contribution in [0.1, 0.15) is 142 Å². The normalized spacial score (nSPS) is 36.0. The van der Waals surface area contributed by atoms with Crippen molar-refractivity contribution in [2.24, 2.45) is 23.7 Å². The van der Waals surface area contributed by atoms with E-state index in [4.69, 9.17) is 42.3 Å². The van der Waals surface area contributed by atoms with Gasteiger partial charge in [-0.2, -0.15) is 0 Å². The fourth-order valence-electron chi connectivity index (χ4n) is 13.2. The topological polar surface area (TPSA) is 151 Å². The maximum Gasteiger partial charge on any atom is 0.338 e. The molecule has 16 heteroatoms. The Hall–Kier alpha value is -2.61. The summed E-state index contributed by atoms with van der Waals surface area (Å²) >= 11 is 3.49. The van der Waals surface area contributed by atoms with E-state index in [-0.39, 0.29) is 76.8 Å².